The Balaban J connectivity index is 0.00000180. The zero-order valence-corrected chi connectivity index (χ0v) is 14.1. The lowest BCUT2D eigenvalue weighted by Gasteiger charge is -2.22. The maximum atomic E-state index is 12.0. The average molecular weight is 415 g/mol. The van der Waals surface area contributed by atoms with Crippen LogP contribution in [-0.4, -0.2) is 25.5 Å². The first-order chi connectivity index (χ1) is 8.66. The van der Waals surface area contributed by atoms with Crippen LogP contribution in [0.25, 0.3) is 0 Å². The average Bonchev–Trinajstić information content (AvgIpc) is 2.37. The van der Waals surface area contributed by atoms with Crippen LogP contribution in [0.4, 0.5) is 0 Å². The van der Waals surface area contributed by atoms with E-state index in [1.165, 1.54) is 12.8 Å². The molecule has 1 aromatic carbocycles. The molecule has 1 heterocycles. The molecule has 0 bridgehead atoms. The molecule has 0 aliphatic carbocycles. The van der Waals surface area contributed by atoms with Gasteiger partial charge in [-0.15, -0.1) is 12.4 Å². The third kappa shape index (κ3) is 5.10. The monoisotopic (exact) mass is 414 g/mol. The second kappa shape index (κ2) is 8.29. The molecule has 2 N–H and O–H groups in total. The highest BCUT2D eigenvalue weighted by Gasteiger charge is 2.15. The fourth-order valence-electron chi connectivity index (χ4n) is 2.10. The Morgan fingerprint density at radius 2 is 2.32 bits per heavy atom. The second-order valence-corrected chi connectivity index (χ2v) is 6.20. The molecule has 1 unspecified atom stereocenters. The lowest BCUT2D eigenvalue weighted by Crippen LogP contribution is -2.38. The summed E-state index contributed by atoms with van der Waals surface area (Å²) in [6.45, 7) is 2.79. The molecule has 1 amide bonds. The topological polar surface area (TPSA) is 41.1 Å². The van der Waals surface area contributed by atoms with Crippen LogP contribution in [0.2, 0.25) is 5.02 Å². The van der Waals surface area contributed by atoms with E-state index in [0.717, 1.165) is 16.7 Å². The Bertz CT molecular complexity index is 437. The van der Waals surface area contributed by atoms with Gasteiger partial charge in [0.05, 0.1) is 10.6 Å². The van der Waals surface area contributed by atoms with Gasteiger partial charge in [0.15, 0.2) is 0 Å². The number of hydrogen-bond acceptors (Lipinski definition) is 2. The van der Waals surface area contributed by atoms with Gasteiger partial charge in [-0.25, -0.2) is 0 Å². The van der Waals surface area contributed by atoms with Crippen LogP contribution >= 0.6 is 46.6 Å². The third-order valence-electron chi connectivity index (χ3n) is 3.13. The molecule has 1 saturated heterocycles. The fraction of sp³-hybridized carbons (Fsp3) is 0.462. The largest absolute Gasteiger partial charge is 0.352 e. The van der Waals surface area contributed by atoms with Crippen molar-refractivity contribution in [3.05, 3.63) is 32.4 Å². The molecule has 1 atom stereocenters. The highest BCUT2D eigenvalue weighted by molar-refractivity contribution is 14.1. The molecule has 0 spiro atoms. The molecule has 0 radical (unpaired) electrons. The lowest BCUT2D eigenvalue weighted by molar-refractivity contribution is 0.0945. The normalized spacial score (nSPS) is 18.5. The summed E-state index contributed by atoms with van der Waals surface area (Å²) in [5, 5.41) is 6.82. The summed E-state index contributed by atoms with van der Waals surface area (Å²) in [7, 11) is 0. The van der Waals surface area contributed by atoms with Crippen LogP contribution in [0.15, 0.2) is 18.2 Å². The van der Waals surface area contributed by atoms with Gasteiger partial charge in [-0.2, -0.15) is 0 Å². The van der Waals surface area contributed by atoms with Gasteiger partial charge in [-0.1, -0.05) is 11.6 Å². The van der Waals surface area contributed by atoms with Crippen molar-refractivity contribution in [1.29, 1.82) is 0 Å². The molecule has 0 aromatic heterocycles. The summed E-state index contributed by atoms with van der Waals surface area (Å²) < 4.78 is 1.03. The first-order valence-corrected chi connectivity index (χ1v) is 7.56. The zero-order valence-electron chi connectivity index (χ0n) is 10.4. The molecule has 106 valence electrons. The number of nitrogens with one attached hydrogen (secondary N) is 2. The molecule has 2 rings (SSSR count). The van der Waals surface area contributed by atoms with E-state index in [2.05, 4.69) is 33.2 Å². The van der Waals surface area contributed by atoms with Crippen LogP contribution in [0.5, 0.6) is 0 Å². The van der Waals surface area contributed by atoms with Crippen molar-refractivity contribution in [3.8, 4) is 0 Å². The van der Waals surface area contributed by atoms with Gasteiger partial charge in [-0.05, 0) is 72.6 Å². The molecule has 19 heavy (non-hydrogen) atoms. The van der Waals surface area contributed by atoms with E-state index in [0.29, 0.717) is 23.0 Å². The highest BCUT2D eigenvalue weighted by atomic mass is 127. The molecule has 1 aliphatic rings. The van der Waals surface area contributed by atoms with Crippen LogP contribution in [0, 0.1) is 9.49 Å². The Labute approximate surface area is 138 Å². The van der Waals surface area contributed by atoms with Gasteiger partial charge in [0.1, 0.15) is 0 Å². The van der Waals surface area contributed by atoms with Gasteiger partial charge in [0, 0.05) is 10.1 Å². The minimum Gasteiger partial charge on any atom is -0.352 e. The zero-order chi connectivity index (χ0) is 13.0. The van der Waals surface area contributed by atoms with E-state index in [1.807, 2.05) is 6.07 Å². The minimum absolute atomic E-state index is 0. The van der Waals surface area contributed by atoms with Crippen molar-refractivity contribution in [1.82, 2.24) is 10.6 Å². The summed E-state index contributed by atoms with van der Waals surface area (Å²) in [6, 6.07) is 5.47. The SMILES string of the molecule is Cl.O=C(NCC1CCCNC1)c1ccc(I)cc1Cl. The molecule has 1 aliphatic heterocycles. The van der Waals surface area contributed by atoms with Gasteiger partial charge in [-0.3, -0.25) is 4.79 Å². The van der Waals surface area contributed by atoms with E-state index in [4.69, 9.17) is 11.6 Å². The van der Waals surface area contributed by atoms with Crippen molar-refractivity contribution in [2.24, 2.45) is 5.92 Å². The molecular formula is C13H17Cl2IN2O. The van der Waals surface area contributed by atoms with E-state index in [1.54, 1.807) is 12.1 Å². The van der Waals surface area contributed by atoms with E-state index in [-0.39, 0.29) is 18.3 Å². The van der Waals surface area contributed by atoms with E-state index in [9.17, 15) is 4.79 Å². The Morgan fingerprint density at radius 3 is 2.95 bits per heavy atom. The quantitative estimate of drug-likeness (QED) is 0.746. The van der Waals surface area contributed by atoms with Crippen LogP contribution in [-0.2, 0) is 0 Å². The molecule has 1 fully saturated rings. The maximum Gasteiger partial charge on any atom is 0.252 e. The number of benzene rings is 1. The summed E-state index contributed by atoms with van der Waals surface area (Å²) in [5.41, 5.74) is 0.556. The first kappa shape index (κ1) is 17.0. The van der Waals surface area contributed by atoms with E-state index < -0.39 is 0 Å². The molecule has 1 aromatic rings. The van der Waals surface area contributed by atoms with Gasteiger partial charge >= 0.3 is 0 Å². The molecule has 3 nitrogen and oxygen atoms in total. The number of hydrogen-bond donors (Lipinski definition) is 2. The van der Waals surface area contributed by atoms with Crippen molar-refractivity contribution in [2.45, 2.75) is 12.8 Å². The minimum atomic E-state index is -0.0815. The van der Waals surface area contributed by atoms with Gasteiger partial charge in [0.25, 0.3) is 5.91 Å². The lowest BCUT2D eigenvalue weighted by atomic mass is 10.00. The second-order valence-electron chi connectivity index (χ2n) is 4.55. The number of piperidine rings is 1. The molecular weight excluding hydrogens is 398 g/mol. The standard InChI is InChI=1S/C13H16ClIN2O.ClH/c14-12-6-10(15)3-4-11(12)13(18)17-8-9-2-1-5-16-7-9;/h3-4,6,9,16H,1-2,5,7-8H2,(H,17,18);1H. The number of rotatable bonds is 3. The number of halogens is 3. The summed E-state index contributed by atoms with van der Waals surface area (Å²) >= 11 is 8.25. The predicted molar refractivity (Wildman–Crippen MR) is 89.3 cm³/mol. The van der Waals surface area contributed by atoms with Crippen molar-refractivity contribution < 1.29 is 4.79 Å². The van der Waals surface area contributed by atoms with Gasteiger partial charge < -0.3 is 10.6 Å². The fourth-order valence-corrected chi connectivity index (χ4v) is 3.05. The van der Waals surface area contributed by atoms with Crippen molar-refractivity contribution >= 4 is 52.5 Å². The Kier molecular flexibility index (Phi) is 7.42. The number of carbonyl (C=O) groups is 1. The molecule has 6 heteroatoms. The summed E-state index contributed by atoms with van der Waals surface area (Å²) in [5.74, 6) is 0.451. The third-order valence-corrected chi connectivity index (χ3v) is 4.11. The van der Waals surface area contributed by atoms with Crippen molar-refractivity contribution in [2.75, 3.05) is 19.6 Å². The summed E-state index contributed by atoms with van der Waals surface area (Å²) in [4.78, 5) is 12.0. The highest BCUT2D eigenvalue weighted by Crippen LogP contribution is 2.19. The smallest absolute Gasteiger partial charge is 0.252 e. The van der Waals surface area contributed by atoms with E-state index >= 15 is 0 Å². The number of carbonyl (C=O) groups excluding carboxylic acids is 1. The Morgan fingerprint density at radius 1 is 1.53 bits per heavy atom. The number of amides is 1. The first-order valence-electron chi connectivity index (χ1n) is 6.11. The van der Waals surface area contributed by atoms with Crippen molar-refractivity contribution in [3.63, 3.8) is 0 Å². The van der Waals surface area contributed by atoms with Crippen LogP contribution < -0.4 is 10.6 Å². The predicted octanol–water partition coefficient (Wildman–Crippen LogP) is 3.10. The van der Waals surface area contributed by atoms with Crippen LogP contribution in [0.3, 0.4) is 0 Å². The van der Waals surface area contributed by atoms with Crippen LogP contribution in [0.1, 0.15) is 23.2 Å². The Hall–Kier alpha value is -0.0400. The van der Waals surface area contributed by atoms with Gasteiger partial charge in [0.2, 0.25) is 0 Å². The maximum absolute atomic E-state index is 12.0. The molecule has 0 saturated carbocycles. The summed E-state index contributed by atoms with van der Waals surface area (Å²) in [6.07, 6.45) is 2.36.